The minimum Gasteiger partial charge on any atom is -0.368 e. The molecule has 3 rings (SSSR count). The number of carbonyl (C=O) groups is 2. The van der Waals surface area contributed by atoms with Gasteiger partial charge in [0.25, 0.3) is 0 Å². The van der Waals surface area contributed by atoms with E-state index in [0.29, 0.717) is 19.5 Å². The lowest BCUT2D eigenvalue weighted by Crippen LogP contribution is -2.49. The summed E-state index contributed by atoms with van der Waals surface area (Å²) in [7, 11) is 0. The zero-order valence-corrected chi connectivity index (χ0v) is 16.7. The summed E-state index contributed by atoms with van der Waals surface area (Å²) in [5, 5.41) is 0. The summed E-state index contributed by atoms with van der Waals surface area (Å²) in [4.78, 5) is 34.6. The van der Waals surface area contributed by atoms with E-state index in [9.17, 15) is 9.59 Å². The van der Waals surface area contributed by atoms with Crippen molar-refractivity contribution < 1.29 is 9.59 Å². The number of hydrogen-bond donors (Lipinski definition) is 0. The van der Waals surface area contributed by atoms with Gasteiger partial charge in [0.1, 0.15) is 0 Å². The van der Waals surface area contributed by atoms with Crippen molar-refractivity contribution in [3.63, 3.8) is 0 Å². The maximum Gasteiger partial charge on any atom is 0.224 e. The van der Waals surface area contributed by atoms with Crippen LogP contribution in [0.4, 0.5) is 5.69 Å². The molecule has 0 radical (unpaired) electrons. The Hall–Kier alpha value is -2.89. The Morgan fingerprint density at radius 1 is 1.11 bits per heavy atom. The molecule has 1 fully saturated rings. The normalized spacial score (nSPS) is 14.1. The van der Waals surface area contributed by atoms with Crippen LogP contribution in [0.2, 0.25) is 0 Å². The number of piperazine rings is 1. The van der Waals surface area contributed by atoms with Gasteiger partial charge >= 0.3 is 0 Å². The van der Waals surface area contributed by atoms with E-state index in [2.05, 4.69) is 41.1 Å². The van der Waals surface area contributed by atoms with Gasteiger partial charge in [0, 0.05) is 70.7 Å². The monoisotopic (exact) mass is 380 g/mol. The van der Waals surface area contributed by atoms with Gasteiger partial charge in [-0.3, -0.25) is 14.6 Å². The Balaban J connectivity index is 1.49. The number of anilines is 1. The van der Waals surface area contributed by atoms with Gasteiger partial charge in [0.15, 0.2) is 0 Å². The molecule has 0 atom stereocenters. The molecule has 2 aromatic rings. The molecule has 1 saturated heterocycles. The second kappa shape index (κ2) is 9.35. The number of carbonyl (C=O) groups excluding carboxylic acids is 2. The molecule has 0 bridgehead atoms. The van der Waals surface area contributed by atoms with Crippen LogP contribution in [0.15, 0.2) is 48.8 Å². The van der Waals surface area contributed by atoms with Gasteiger partial charge in [-0.15, -0.1) is 0 Å². The largest absolute Gasteiger partial charge is 0.368 e. The number of aryl methyl sites for hydroxylation is 1. The van der Waals surface area contributed by atoms with E-state index in [1.807, 2.05) is 17.0 Å². The zero-order chi connectivity index (χ0) is 19.9. The van der Waals surface area contributed by atoms with Gasteiger partial charge in [-0.25, -0.2) is 0 Å². The van der Waals surface area contributed by atoms with Crippen molar-refractivity contribution >= 4 is 17.5 Å². The Morgan fingerprint density at radius 3 is 2.54 bits per heavy atom. The fourth-order valence-corrected chi connectivity index (χ4v) is 3.49. The van der Waals surface area contributed by atoms with Crippen LogP contribution in [0.1, 0.15) is 24.5 Å². The van der Waals surface area contributed by atoms with Gasteiger partial charge in [-0.2, -0.15) is 0 Å². The Morgan fingerprint density at radius 2 is 1.89 bits per heavy atom. The highest BCUT2D eigenvalue weighted by atomic mass is 16.2. The highest BCUT2D eigenvalue weighted by Gasteiger charge is 2.22. The highest BCUT2D eigenvalue weighted by Crippen LogP contribution is 2.18. The number of amides is 2. The average molecular weight is 380 g/mol. The second-order valence-corrected chi connectivity index (χ2v) is 7.26. The van der Waals surface area contributed by atoms with Gasteiger partial charge in [-0.05, 0) is 36.2 Å². The third-order valence-corrected chi connectivity index (χ3v) is 5.14. The molecule has 1 aromatic carbocycles. The van der Waals surface area contributed by atoms with Crippen LogP contribution in [0, 0.1) is 6.92 Å². The molecule has 2 amide bonds. The van der Waals surface area contributed by atoms with Crippen molar-refractivity contribution in [2.75, 3.05) is 37.6 Å². The molecule has 0 spiro atoms. The summed E-state index contributed by atoms with van der Waals surface area (Å²) in [6, 6.07) is 12.3. The van der Waals surface area contributed by atoms with Crippen molar-refractivity contribution in [1.29, 1.82) is 0 Å². The number of benzene rings is 1. The van der Waals surface area contributed by atoms with Crippen LogP contribution >= 0.6 is 0 Å². The number of aromatic nitrogens is 1. The van der Waals surface area contributed by atoms with Crippen molar-refractivity contribution in [2.24, 2.45) is 0 Å². The predicted molar refractivity (Wildman–Crippen MR) is 110 cm³/mol. The Kier molecular flexibility index (Phi) is 6.63. The third-order valence-electron chi connectivity index (χ3n) is 5.14. The average Bonchev–Trinajstić information content (AvgIpc) is 2.71. The number of pyridine rings is 1. The fourth-order valence-electron chi connectivity index (χ4n) is 3.49. The molecule has 0 saturated carbocycles. The van der Waals surface area contributed by atoms with E-state index < -0.39 is 0 Å². The highest BCUT2D eigenvalue weighted by molar-refractivity contribution is 5.78. The summed E-state index contributed by atoms with van der Waals surface area (Å²) in [5.41, 5.74) is 3.43. The molecular formula is C22H28N4O2. The van der Waals surface area contributed by atoms with E-state index in [1.54, 1.807) is 24.2 Å². The van der Waals surface area contributed by atoms with Gasteiger partial charge < -0.3 is 14.7 Å². The molecule has 6 nitrogen and oxygen atoms in total. The molecule has 0 N–H and O–H groups in total. The summed E-state index contributed by atoms with van der Waals surface area (Å²) in [6.45, 7) is 7.66. The predicted octanol–water partition coefficient (Wildman–Crippen LogP) is 2.48. The lowest BCUT2D eigenvalue weighted by molar-refractivity contribution is -0.134. The van der Waals surface area contributed by atoms with E-state index in [1.165, 1.54) is 11.3 Å². The molecule has 28 heavy (non-hydrogen) atoms. The van der Waals surface area contributed by atoms with Gasteiger partial charge in [-0.1, -0.05) is 18.2 Å². The standard InChI is InChI=1S/C22H28N4O2/c1-18-5-3-7-21(15-18)24-11-13-25(14-12-24)22(28)8-10-26(19(2)27)17-20-6-4-9-23-16-20/h3-7,9,15-16H,8,10-14,17H2,1-2H3. The maximum absolute atomic E-state index is 12.6. The van der Waals surface area contributed by atoms with E-state index >= 15 is 0 Å². The molecule has 148 valence electrons. The van der Waals surface area contributed by atoms with E-state index in [-0.39, 0.29) is 11.8 Å². The molecule has 0 aliphatic carbocycles. The maximum atomic E-state index is 12.6. The lowest BCUT2D eigenvalue weighted by Gasteiger charge is -2.36. The molecule has 1 aromatic heterocycles. The number of hydrogen-bond acceptors (Lipinski definition) is 4. The van der Waals surface area contributed by atoms with Crippen molar-refractivity contribution in [3.05, 3.63) is 59.9 Å². The first-order valence-electron chi connectivity index (χ1n) is 9.77. The van der Waals surface area contributed by atoms with Crippen LogP contribution in [-0.2, 0) is 16.1 Å². The zero-order valence-electron chi connectivity index (χ0n) is 16.7. The number of rotatable bonds is 6. The summed E-state index contributed by atoms with van der Waals surface area (Å²) in [5.74, 6) is 0.0854. The molecular weight excluding hydrogens is 352 g/mol. The van der Waals surface area contributed by atoms with Crippen LogP contribution in [0.25, 0.3) is 0 Å². The van der Waals surface area contributed by atoms with Crippen LogP contribution in [-0.4, -0.2) is 59.3 Å². The minimum absolute atomic E-state index is 0.0269. The van der Waals surface area contributed by atoms with Crippen molar-refractivity contribution in [1.82, 2.24) is 14.8 Å². The first-order valence-corrected chi connectivity index (χ1v) is 9.77. The minimum atomic E-state index is -0.0269. The van der Waals surface area contributed by atoms with Gasteiger partial charge in [0.05, 0.1) is 0 Å². The molecule has 2 heterocycles. The summed E-state index contributed by atoms with van der Waals surface area (Å²) >= 11 is 0. The second-order valence-electron chi connectivity index (χ2n) is 7.26. The third kappa shape index (κ3) is 5.31. The van der Waals surface area contributed by atoms with Crippen molar-refractivity contribution in [2.45, 2.75) is 26.8 Å². The van der Waals surface area contributed by atoms with Crippen LogP contribution < -0.4 is 4.90 Å². The van der Waals surface area contributed by atoms with E-state index in [4.69, 9.17) is 0 Å². The first-order chi connectivity index (χ1) is 13.5. The lowest BCUT2D eigenvalue weighted by atomic mass is 10.2. The van der Waals surface area contributed by atoms with Gasteiger partial charge in [0.2, 0.25) is 11.8 Å². The Bertz CT molecular complexity index is 801. The van der Waals surface area contributed by atoms with Crippen molar-refractivity contribution in [3.8, 4) is 0 Å². The summed E-state index contributed by atoms with van der Waals surface area (Å²) < 4.78 is 0. The first kappa shape index (κ1) is 19.9. The van der Waals surface area contributed by atoms with Crippen LogP contribution in [0.3, 0.4) is 0 Å². The quantitative estimate of drug-likeness (QED) is 0.773. The SMILES string of the molecule is CC(=O)N(CCC(=O)N1CCN(c2cccc(C)c2)CC1)Cc1cccnc1. The van der Waals surface area contributed by atoms with E-state index in [0.717, 1.165) is 31.7 Å². The Labute approximate surface area is 166 Å². The smallest absolute Gasteiger partial charge is 0.224 e. The number of nitrogens with zero attached hydrogens (tertiary/aromatic N) is 4. The topological polar surface area (TPSA) is 56.8 Å². The summed E-state index contributed by atoms with van der Waals surface area (Å²) in [6.07, 6.45) is 3.81. The fraction of sp³-hybridized carbons (Fsp3) is 0.409. The van der Waals surface area contributed by atoms with Crippen LogP contribution in [0.5, 0.6) is 0 Å². The molecule has 6 heteroatoms. The molecule has 0 unspecified atom stereocenters. The molecule has 1 aliphatic rings. The molecule has 1 aliphatic heterocycles.